The van der Waals surface area contributed by atoms with E-state index in [4.69, 9.17) is 9.84 Å². The number of carboxylic acid groups (broad SMARTS) is 1. The minimum absolute atomic E-state index is 0.00381. The van der Waals surface area contributed by atoms with Crippen molar-refractivity contribution in [3.63, 3.8) is 0 Å². The van der Waals surface area contributed by atoms with Crippen LogP contribution in [0.1, 0.15) is 24.5 Å². The summed E-state index contributed by atoms with van der Waals surface area (Å²) in [5.74, 6) is -0.582. The Labute approximate surface area is 97.9 Å². The first-order valence-electron chi connectivity index (χ1n) is 5.22. The molecule has 0 saturated carbocycles. The molecular formula is C11H13N3O3. The number of fused-ring (bicyclic) bond motifs is 1. The van der Waals surface area contributed by atoms with Crippen molar-refractivity contribution < 1.29 is 14.6 Å². The van der Waals surface area contributed by atoms with E-state index in [2.05, 4.69) is 9.97 Å². The van der Waals surface area contributed by atoms with Gasteiger partial charge in [-0.1, -0.05) is 0 Å². The van der Waals surface area contributed by atoms with Crippen molar-refractivity contribution in [2.75, 3.05) is 0 Å². The van der Waals surface area contributed by atoms with Crippen LogP contribution in [-0.4, -0.2) is 31.7 Å². The molecule has 90 valence electrons. The van der Waals surface area contributed by atoms with Crippen LogP contribution < -0.4 is 4.74 Å². The molecule has 0 amide bonds. The van der Waals surface area contributed by atoms with Crippen molar-refractivity contribution in [2.45, 2.75) is 20.0 Å². The number of aromatic nitrogens is 3. The molecule has 0 bridgehead atoms. The molecule has 0 fully saturated rings. The molecule has 2 rings (SSSR count). The largest absolute Gasteiger partial charge is 0.489 e. The van der Waals surface area contributed by atoms with E-state index in [0.29, 0.717) is 16.9 Å². The average molecular weight is 235 g/mol. The summed E-state index contributed by atoms with van der Waals surface area (Å²) in [4.78, 5) is 19.1. The number of ether oxygens (including phenoxy) is 1. The van der Waals surface area contributed by atoms with Gasteiger partial charge in [0.1, 0.15) is 0 Å². The van der Waals surface area contributed by atoms with E-state index in [1.165, 1.54) is 4.57 Å². The molecule has 0 radical (unpaired) electrons. The summed E-state index contributed by atoms with van der Waals surface area (Å²) >= 11 is 0. The SMILES string of the molecule is CC(C)Oc1ccnc2c1nc(C(=O)O)n2C. The van der Waals surface area contributed by atoms with Gasteiger partial charge in [-0.15, -0.1) is 0 Å². The summed E-state index contributed by atoms with van der Waals surface area (Å²) < 4.78 is 7.00. The Bertz CT molecular complexity index is 575. The summed E-state index contributed by atoms with van der Waals surface area (Å²) in [7, 11) is 1.62. The van der Waals surface area contributed by atoms with Crippen LogP contribution in [-0.2, 0) is 7.05 Å². The second-order valence-electron chi connectivity index (χ2n) is 3.95. The number of hydrogen-bond acceptors (Lipinski definition) is 4. The summed E-state index contributed by atoms with van der Waals surface area (Å²) in [5, 5.41) is 8.99. The minimum atomic E-state index is -1.08. The second-order valence-corrected chi connectivity index (χ2v) is 3.95. The van der Waals surface area contributed by atoms with Crippen molar-refractivity contribution in [2.24, 2.45) is 7.05 Å². The molecule has 1 N–H and O–H groups in total. The highest BCUT2D eigenvalue weighted by atomic mass is 16.5. The predicted molar refractivity (Wildman–Crippen MR) is 61.2 cm³/mol. The molecular weight excluding hydrogens is 222 g/mol. The number of carbonyl (C=O) groups is 1. The molecule has 0 aliphatic carbocycles. The molecule has 6 heteroatoms. The highest BCUT2D eigenvalue weighted by molar-refractivity contribution is 5.90. The number of hydrogen-bond donors (Lipinski definition) is 1. The van der Waals surface area contributed by atoms with Crippen molar-refractivity contribution in [3.8, 4) is 5.75 Å². The summed E-state index contributed by atoms with van der Waals surface area (Å²) in [5.41, 5.74) is 0.974. The fourth-order valence-electron chi connectivity index (χ4n) is 1.60. The van der Waals surface area contributed by atoms with Gasteiger partial charge in [0.05, 0.1) is 6.10 Å². The molecule has 2 heterocycles. The lowest BCUT2D eigenvalue weighted by Crippen LogP contribution is -2.06. The van der Waals surface area contributed by atoms with E-state index in [1.54, 1.807) is 19.3 Å². The van der Waals surface area contributed by atoms with E-state index >= 15 is 0 Å². The molecule has 17 heavy (non-hydrogen) atoms. The third-order valence-electron chi connectivity index (χ3n) is 2.27. The molecule has 0 aliphatic heterocycles. The maximum absolute atomic E-state index is 11.0. The Balaban J connectivity index is 2.64. The Hall–Kier alpha value is -2.11. The summed E-state index contributed by atoms with van der Waals surface area (Å²) in [6.45, 7) is 3.79. The highest BCUT2D eigenvalue weighted by Crippen LogP contribution is 2.24. The van der Waals surface area contributed by atoms with Crippen LogP contribution in [0.3, 0.4) is 0 Å². The first-order chi connectivity index (χ1) is 8.00. The van der Waals surface area contributed by atoms with Crippen LogP contribution in [0.15, 0.2) is 12.3 Å². The quantitative estimate of drug-likeness (QED) is 0.871. The number of aromatic carboxylic acids is 1. The smallest absolute Gasteiger partial charge is 0.372 e. The Kier molecular flexibility index (Phi) is 2.71. The molecule has 0 aliphatic rings. The third-order valence-corrected chi connectivity index (χ3v) is 2.27. The minimum Gasteiger partial charge on any atom is -0.489 e. The maximum Gasteiger partial charge on any atom is 0.372 e. The zero-order chi connectivity index (χ0) is 12.6. The van der Waals surface area contributed by atoms with E-state index in [9.17, 15) is 4.79 Å². The monoisotopic (exact) mass is 235 g/mol. The second kappa shape index (κ2) is 4.04. The number of aryl methyl sites for hydroxylation is 1. The van der Waals surface area contributed by atoms with Gasteiger partial charge in [-0.25, -0.2) is 14.8 Å². The van der Waals surface area contributed by atoms with Crippen LogP contribution in [0.4, 0.5) is 0 Å². The van der Waals surface area contributed by atoms with Gasteiger partial charge in [0.25, 0.3) is 0 Å². The van der Waals surface area contributed by atoms with Gasteiger partial charge in [0.15, 0.2) is 16.9 Å². The van der Waals surface area contributed by atoms with Crippen LogP contribution in [0.2, 0.25) is 0 Å². The number of nitrogens with zero attached hydrogens (tertiary/aromatic N) is 3. The molecule has 2 aromatic heterocycles. The van der Waals surface area contributed by atoms with Gasteiger partial charge in [-0.2, -0.15) is 0 Å². The zero-order valence-corrected chi connectivity index (χ0v) is 9.84. The van der Waals surface area contributed by atoms with Crippen LogP contribution in [0.5, 0.6) is 5.75 Å². The predicted octanol–water partition coefficient (Wildman–Crippen LogP) is 1.45. The summed E-state index contributed by atoms with van der Waals surface area (Å²) in [6.07, 6.45) is 1.57. The van der Waals surface area contributed by atoms with Gasteiger partial charge in [-0.05, 0) is 13.8 Å². The standard InChI is InChI=1S/C11H13N3O3/c1-6(2)17-7-4-5-12-9-8(7)13-10(11(15)16)14(9)3/h4-6H,1-3H3,(H,15,16). The lowest BCUT2D eigenvalue weighted by atomic mass is 10.4. The number of imidazole rings is 1. The fourth-order valence-corrected chi connectivity index (χ4v) is 1.60. The fraction of sp³-hybridized carbons (Fsp3) is 0.364. The topological polar surface area (TPSA) is 77.2 Å². The zero-order valence-electron chi connectivity index (χ0n) is 9.84. The van der Waals surface area contributed by atoms with Crippen molar-refractivity contribution in [3.05, 3.63) is 18.1 Å². The van der Waals surface area contributed by atoms with E-state index in [1.807, 2.05) is 13.8 Å². The normalized spacial score (nSPS) is 11.1. The molecule has 0 spiro atoms. The molecule has 0 saturated heterocycles. The van der Waals surface area contributed by atoms with Gasteiger partial charge in [0.2, 0.25) is 5.82 Å². The average Bonchev–Trinajstić information content (AvgIpc) is 2.57. The van der Waals surface area contributed by atoms with Gasteiger partial charge in [-0.3, -0.25) is 0 Å². The molecule has 0 aromatic carbocycles. The lowest BCUT2D eigenvalue weighted by molar-refractivity contribution is 0.0680. The lowest BCUT2D eigenvalue weighted by Gasteiger charge is -2.09. The Morgan fingerprint density at radius 3 is 2.82 bits per heavy atom. The number of carboxylic acids is 1. The number of pyridine rings is 1. The van der Waals surface area contributed by atoms with Crippen LogP contribution >= 0.6 is 0 Å². The van der Waals surface area contributed by atoms with E-state index in [-0.39, 0.29) is 11.9 Å². The van der Waals surface area contributed by atoms with E-state index in [0.717, 1.165) is 0 Å². The first kappa shape index (κ1) is 11.4. The molecule has 0 unspecified atom stereocenters. The van der Waals surface area contributed by atoms with Crippen molar-refractivity contribution in [1.29, 1.82) is 0 Å². The van der Waals surface area contributed by atoms with Crippen molar-refractivity contribution >= 4 is 17.1 Å². The van der Waals surface area contributed by atoms with Gasteiger partial charge >= 0.3 is 5.97 Å². The van der Waals surface area contributed by atoms with Crippen LogP contribution in [0.25, 0.3) is 11.2 Å². The Morgan fingerprint density at radius 2 is 2.24 bits per heavy atom. The highest BCUT2D eigenvalue weighted by Gasteiger charge is 2.18. The van der Waals surface area contributed by atoms with E-state index < -0.39 is 5.97 Å². The maximum atomic E-state index is 11.0. The third kappa shape index (κ3) is 1.93. The molecule has 0 atom stereocenters. The van der Waals surface area contributed by atoms with Crippen molar-refractivity contribution in [1.82, 2.24) is 14.5 Å². The molecule has 2 aromatic rings. The van der Waals surface area contributed by atoms with Gasteiger partial charge in [0, 0.05) is 19.3 Å². The molecule has 6 nitrogen and oxygen atoms in total. The van der Waals surface area contributed by atoms with Gasteiger partial charge < -0.3 is 14.4 Å². The first-order valence-corrected chi connectivity index (χ1v) is 5.22. The summed E-state index contributed by atoms with van der Waals surface area (Å²) in [6, 6.07) is 1.68. The van der Waals surface area contributed by atoms with Crippen LogP contribution in [0, 0.1) is 0 Å². The number of rotatable bonds is 3. The Morgan fingerprint density at radius 1 is 1.53 bits per heavy atom.